The Morgan fingerprint density at radius 1 is 0.926 bits per heavy atom. The minimum absolute atomic E-state index is 0.226. The van der Waals surface area contributed by atoms with E-state index in [0.717, 1.165) is 28.5 Å². The lowest BCUT2D eigenvalue weighted by molar-refractivity contribution is 0.102. The Kier molecular flexibility index (Phi) is 3.99. The third-order valence-corrected chi connectivity index (χ3v) is 4.34. The van der Waals surface area contributed by atoms with E-state index < -0.39 is 0 Å². The van der Waals surface area contributed by atoms with Crippen LogP contribution in [0.4, 0.5) is 5.82 Å². The standard InChI is InChI=1S/C20H20N6O/c1-12-8-15(4)26-19(21-12)11-18(24-26)22-20(27)16-6-5-7-17(10-16)25-14(3)9-13(2)23-25/h5-11H,1-4H3,(H,22,24,27). The number of fused-ring (bicyclic) bond motifs is 1. The van der Waals surface area contributed by atoms with Crippen LogP contribution in [-0.4, -0.2) is 30.3 Å². The number of aromatic nitrogens is 5. The Labute approximate surface area is 156 Å². The molecule has 1 aromatic carbocycles. The summed E-state index contributed by atoms with van der Waals surface area (Å²) in [6.07, 6.45) is 0. The van der Waals surface area contributed by atoms with Crippen LogP contribution in [0.3, 0.4) is 0 Å². The first-order chi connectivity index (χ1) is 12.9. The van der Waals surface area contributed by atoms with E-state index in [2.05, 4.69) is 20.5 Å². The minimum Gasteiger partial charge on any atom is -0.305 e. The fourth-order valence-corrected chi connectivity index (χ4v) is 3.21. The van der Waals surface area contributed by atoms with Crippen LogP contribution in [0.1, 0.15) is 33.1 Å². The molecular formula is C20H20N6O. The quantitative estimate of drug-likeness (QED) is 0.607. The first kappa shape index (κ1) is 17.0. The molecule has 1 N–H and O–H groups in total. The monoisotopic (exact) mass is 360 g/mol. The molecule has 0 aliphatic carbocycles. The van der Waals surface area contributed by atoms with Crippen molar-refractivity contribution in [2.24, 2.45) is 0 Å². The van der Waals surface area contributed by atoms with Crippen LogP contribution in [-0.2, 0) is 0 Å². The number of nitrogens with one attached hydrogen (secondary N) is 1. The number of hydrogen-bond acceptors (Lipinski definition) is 4. The molecule has 136 valence electrons. The summed E-state index contributed by atoms with van der Waals surface area (Å²) in [6.45, 7) is 7.82. The highest BCUT2D eigenvalue weighted by Gasteiger charge is 2.12. The number of rotatable bonds is 3. The average molecular weight is 360 g/mol. The fraction of sp³-hybridized carbons (Fsp3) is 0.200. The lowest BCUT2D eigenvalue weighted by Gasteiger charge is -2.07. The number of carbonyl (C=O) groups excluding carboxylic acids is 1. The van der Waals surface area contributed by atoms with Gasteiger partial charge in [-0.1, -0.05) is 6.07 Å². The molecule has 0 spiro atoms. The Morgan fingerprint density at radius 2 is 1.70 bits per heavy atom. The summed E-state index contributed by atoms with van der Waals surface area (Å²) in [5, 5.41) is 11.7. The van der Waals surface area contributed by atoms with E-state index in [0.29, 0.717) is 17.0 Å². The van der Waals surface area contributed by atoms with E-state index in [4.69, 9.17) is 0 Å². The fourth-order valence-electron chi connectivity index (χ4n) is 3.21. The van der Waals surface area contributed by atoms with Crippen LogP contribution in [0, 0.1) is 27.7 Å². The molecule has 0 fully saturated rings. The zero-order chi connectivity index (χ0) is 19.1. The van der Waals surface area contributed by atoms with E-state index in [1.165, 1.54) is 0 Å². The van der Waals surface area contributed by atoms with Crippen molar-refractivity contribution < 1.29 is 4.79 Å². The molecule has 0 atom stereocenters. The van der Waals surface area contributed by atoms with E-state index in [9.17, 15) is 4.79 Å². The maximum Gasteiger partial charge on any atom is 0.256 e. The summed E-state index contributed by atoms with van der Waals surface area (Å²) in [5.74, 6) is 0.244. The summed E-state index contributed by atoms with van der Waals surface area (Å²) in [7, 11) is 0. The van der Waals surface area contributed by atoms with Gasteiger partial charge in [-0.3, -0.25) is 4.79 Å². The average Bonchev–Trinajstić information content (AvgIpc) is 3.17. The molecule has 27 heavy (non-hydrogen) atoms. The summed E-state index contributed by atoms with van der Waals surface area (Å²) in [6, 6.07) is 13.1. The topological polar surface area (TPSA) is 77.1 Å². The predicted molar refractivity (Wildman–Crippen MR) is 103 cm³/mol. The molecule has 0 aliphatic heterocycles. The van der Waals surface area contributed by atoms with Gasteiger partial charge >= 0.3 is 0 Å². The summed E-state index contributed by atoms with van der Waals surface area (Å²) in [5.41, 5.74) is 5.92. The maximum atomic E-state index is 12.7. The van der Waals surface area contributed by atoms with Crippen molar-refractivity contribution in [1.82, 2.24) is 24.4 Å². The van der Waals surface area contributed by atoms with Gasteiger partial charge in [0.2, 0.25) is 0 Å². The van der Waals surface area contributed by atoms with Crippen LogP contribution < -0.4 is 5.32 Å². The number of anilines is 1. The molecule has 0 aliphatic rings. The highest BCUT2D eigenvalue weighted by molar-refractivity contribution is 6.04. The number of benzene rings is 1. The molecule has 3 heterocycles. The Bertz CT molecular complexity index is 1170. The van der Waals surface area contributed by atoms with Gasteiger partial charge in [-0.05, 0) is 58.0 Å². The third-order valence-electron chi connectivity index (χ3n) is 4.34. The van der Waals surface area contributed by atoms with Gasteiger partial charge in [0.25, 0.3) is 5.91 Å². The molecule has 7 heteroatoms. The predicted octanol–water partition coefficient (Wildman–Crippen LogP) is 3.40. The molecule has 0 saturated carbocycles. The van der Waals surface area contributed by atoms with Crippen molar-refractivity contribution >= 4 is 17.4 Å². The lowest BCUT2D eigenvalue weighted by Crippen LogP contribution is -2.13. The van der Waals surface area contributed by atoms with Crippen LogP contribution in [0.25, 0.3) is 11.3 Å². The van der Waals surface area contributed by atoms with Crippen LogP contribution >= 0.6 is 0 Å². The van der Waals surface area contributed by atoms with Gasteiger partial charge < -0.3 is 5.32 Å². The third kappa shape index (κ3) is 3.19. The SMILES string of the molecule is Cc1cc(C)n2nc(NC(=O)c3cccc(-n4nc(C)cc4C)c3)cc2n1. The zero-order valence-corrected chi connectivity index (χ0v) is 15.7. The van der Waals surface area contributed by atoms with Crippen molar-refractivity contribution in [3.63, 3.8) is 0 Å². The molecule has 0 radical (unpaired) electrons. The number of amides is 1. The van der Waals surface area contributed by atoms with Crippen molar-refractivity contribution in [2.75, 3.05) is 5.32 Å². The Hall–Kier alpha value is -3.48. The molecular weight excluding hydrogens is 340 g/mol. The van der Waals surface area contributed by atoms with Gasteiger partial charge in [-0.15, -0.1) is 5.10 Å². The first-order valence-corrected chi connectivity index (χ1v) is 8.70. The number of hydrogen-bond donors (Lipinski definition) is 1. The van der Waals surface area contributed by atoms with Crippen LogP contribution in [0.2, 0.25) is 0 Å². The summed E-state index contributed by atoms with van der Waals surface area (Å²) < 4.78 is 3.54. The van der Waals surface area contributed by atoms with Gasteiger partial charge in [0, 0.05) is 28.7 Å². The van der Waals surface area contributed by atoms with Gasteiger partial charge in [0.1, 0.15) is 0 Å². The van der Waals surface area contributed by atoms with E-state index in [1.54, 1.807) is 16.6 Å². The number of aryl methyl sites for hydroxylation is 4. The second kappa shape index (κ2) is 6.35. The minimum atomic E-state index is -0.226. The smallest absolute Gasteiger partial charge is 0.256 e. The van der Waals surface area contributed by atoms with Gasteiger partial charge in [-0.25, -0.2) is 14.2 Å². The summed E-state index contributed by atoms with van der Waals surface area (Å²) in [4.78, 5) is 17.1. The van der Waals surface area contributed by atoms with E-state index in [-0.39, 0.29) is 5.91 Å². The van der Waals surface area contributed by atoms with Gasteiger partial charge in [-0.2, -0.15) is 5.10 Å². The molecule has 4 aromatic rings. The van der Waals surface area contributed by atoms with Crippen molar-refractivity contribution in [3.8, 4) is 5.69 Å². The molecule has 0 unspecified atom stereocenters. The van der Waals surface area contributed by atoms with Gasteiger partial charge in [0.05, 0.1) is 11.4 Å². The Balaban J connectivity index is 1.63. The van der Waals surface area contributed by atoms with Crippen LogP contribution in [0.5, 0.6) is 0 Å². The zero-order valence-electron chi connectivity index (χ0n) is 15.7. The molecule has 0 saturated heterocycles. The lowest BCUT2D eigenvalue weighted by atomic mass is 10.2. The molecule has 0 bridgehead atoms. The largest absolute Gasteiger partial charge is 0.305 e. The van der Waals surface area contributed by atoms with Crippen molar-refractivity contribution in [2.45, 2.75) is 27.7 Å². The van der Waals surface area contributed by atoms with E-state index in [1.807, 2.05) is 62.7 Å². The highest BCUT2D eigenvalue weighted by atomic mass is 16.1. The highest BCUT2D eigenvalue weighted by Crippen LogP contribution is 2.16. The Morgan fingerprint density at radius 3 is 2.44 bits per heavy atom. The second-order valence-electron chi connectivity index (χ2n) is 6.68. The summed E-state index contributed by atoms with van der Waals surface area (Å²) >= 11 is 0. The second-order valence-corrected chi connectivity index (χ2v) is 6.68. The first-order valence-electron chi connectivity index (χ1n) is 8.70. The van der Waals surface area contributed by atoms with Crippen LogP contribution in [0.15, 0.2) is 42.5 Å². The molecule has 1 amide bonds. The van der Waals surface area contributed by atoms with Crippen molar-refractivity contribution in [1.29, 1.82) is 0 Å². The number of carbonyl (C=O) groups is 1. The molecule has 3 aromatic heterocycles. The van der Waals surface area contributed by atoms with Crippen molar-refractivity contribution in [3.05, 3.63) is 70.8 Å². The normalized spacial score (nSPS) is 11.1. The molecule has 7 nitrogen and oxygen atoms in total. The number of nitrogens with zero attached hydrogens (tertiary/aromatic N) is 5. The van der Waals surface area contributed by atoms with Gasteiger partial charge in [0.15, 0.2) is 11.5 Å². The van der Waals surface area contributed by atoms with E-state index >= 15 is 0 Å². The molecule has 4 rings (SSSR count). The maximum absolute atomic E-state index is 12.7.